The first kappa shape index (κ1) is 15.9. The van der Waals surface area contributed by atoms with Crippen LogP contribution >= 0.6 is 0 Å². The van der Waals surface area contributed by atoms with Crippen molar-refractivity contribution in [2.75, 3.05) is 6.61 Å². The van der Waals surface area contributed by atoms with Crippen LogP contribution in [0.4, 0.5) is 0 Å². The zero-order valence-electron chi connectivity index (χ0n) is 13.1. The van der Waals surface area contributed by atoms with Crippen molar-refractivity contribution in [2.24, 2.45) is 0 Å². The summed E-state index contributed by atoms with van der Waals surface area (Å²) in [4.78, 5) is 0. The summed E-state index contributed by atoms with van der Waals surface area (Å²) in [6.07, 6.45) is 6.54. The Kier molecular flexibility index (Phi) is 5.29. The van der Waals surface area contributed by atoms with Crippen molar-refractivity contribution < 1.29 is 14.6 Å². The van der Waals surface area contributed by atoms with Crippen LogP contribution in [0.3, 0.4) is 0 Å². The van der Waals surface area contributed by atoms with Crippen molar-refractivity contribution in [3.63, 3.8) is 0 Å². The second-order valence-corrected chi connectivity index (χ2v) is 6.27. The molecule has 0 amide bonds. The van der Waals surface area contributed by atoms with Gasteiger partial charge in [0.05, 0.1) is 12.7 Å². The van der Waals surface area contributed by atoms with Crippen molar-refractivity contribution in [3.8, 4) is 11.5 Å². The fourth-order valence-electron chi connectivity index (χ4n) is 2.64. The number of rotatable bonds is 7. The first-order valence-electron chi connectivity index (χ1n) is 7.76. The van der Waals surface area contributed by atoms with E-state index < -0.39 is 6.10 Å². The van der Waals surface area contributed by atoms with E-state index in [9.17, 15) is 5.11 Å². The van der Waals surface area contributed by atoms with Gasteiger partial charge < -0.3 is 14.6 Å². The zero-order chi connectivity index (χ0) is 15.3. The normalized spacial score (nSPS) is 19.5. The van der Waals surface area contributed by atoms with Crippen molar-refractivity contribution in [2.45, 2.75) is 57.7 Å². The molecule has 1 atom stereocenters. The lowest BCUT2D eigenvalue weighted by atomic mass is 9.92. The number of aliphatic hydroxyl groups excluding tert-OH is 1. The topological polar surface area (TPSA) is 38.7 Å². The molecule has 0 spiro atoms. The Balaban J connectivity index is 1.90. The molecular formula is C18H26O3. The van der Waals surface area contributed by atoms with Gasteiger partial charge in [-0.2, -0.15) is 0 Å². The molecule has 1 aromatic carbocycles. The van der Waals surface area contributed by atoms with Crippen LogP contribution in [0.5, 0.6) is 11.5 Å². The molecule has 3 nitrogen and oxygen atoms in total. The maximum atomic E-state index is 10.2. The smallest absolute Gasteiger partial charge is 0.129 e. The van der Waals surface area contributed by atoms with Crippen LogP contribution in [0.15, 0.2) is 30.9 Å². The van der Waals surface area contributed by atoms with Crippen molar-refractivity contribution in [1.29, 1.82) is 0 Å². The molecule has 1 unspecified atom stereocenters. The predicted molar refractivity (Wildman–Crippen MR) is 84.9 cm³/mol. The van der Waals surface area contributed by atoms with E-state index in [0.717, 1.165) is 36.3 Å². The third-order valence-electron chi connectivity index (χ3n) is 3.74. The van der Waals surface area contributed by atoms with Crippen LogP contribution in [0.2, 0.25) is 0 Å². The highest BCUT2D eigenvalue weighted by molar-refractivity contribution is 5.43. The summed E-state index contributed by atoms with van der Waals surface area (Å²) in [5, 5.41) is 10.2. The molecule has 1 aliphatic heterocycles. The molecule has 21 heavy (non-hydrogen) atoms. The molecule has 0 saturated carbocycles. The van der Waals surface area contributed by atoms with Crippen molar-refractivity contribution in [1.82, 2.24) is 0 Å². The predicted octanol–water partition coefficient (Wildman–Crippen LogP) is 4.41. The maximum Gasteiger partial charge on any atom is 0.129 e. The first-order chi connectivity index (χ1) is 10.0. The SMILES string of the molecule is C=CCCCCCOc1ccc2c(c1)OC(C)(C)CC2O. The Bertz CT molecular complexity index is 479. The Hall–Kier alpha value is -1.48. The highest BCUT2D eigenvalue weighted by atomic mass is 16.5. The Labute approximate surface area is 127 Å². The van der Waals surface area contributed by atoms with E-state index in [4.69, 9.17) is 9.47 Å². The van der Waals surface area contributed by atoms with E-state index >= 15 is 0 Å². The molecule has 2 rings (SSSR count). The second-order valence-electron chi connectivity index (χ2n) is 6.27. The summed E-state index contributed by atoms with van der Waals surface area (Å²) >= 11 is 0. The monoisotopic (exact) mass is 290 g/mol. The maximum absolute atomic E-state index is 10.2. The molecule has 0 saturated heterocycles. The van der Waals surface area contributed by atoms with Gasteiger partial charge in [0.1, 0.15) is 17.1 Å². The van der Waals surface area contributed by atoms with Crippen molar-refractivity contribution >= 4 is 0 Å². The second kappa shape index (κ2) is 6.99. The van der Waals surface area contributed by atoms with E-state index in [0.29, 0.717) is 13.0 Å². The highest BCUT2D eigenvalue weighted by Gasteiger charge is 2.32. The van der Waals surface area contributed by atoms with Crippen molar-refractivity contribution in [3.05, 3.63) is 36.4 Å². The van der Waals surface area contributed by atoms with Gasteiger partial charge in [-0.15, -0.1) is 6.58 Å². The molecular weight excluding hydrogens is 264 g/mol. The third-order valence-corrected chi connectivity index (χ3v) is 3.74. The van der Waals surface area contributed by atoms with E-state index in [2.05, 4.69) is 6.58 Å². The van der Waals surface area contributed by atoms with Crippen LogP contribution < -0.4 is 9.47 Å². The summed E-state index contributed by atoms with van der Waals surface area (Å²) in [5.74, 6) is 1.55. The quantitative estimate of drug-likeness (QED) is 0.597. The van der Waals surface area contributed by atoms with Gasteiger partial charge in [0.15, 0.2) is 0 Å². The Morgan fingerprint density at radius 3 is 2.95 bits per heavy atom. The highest BCUT2D eigenvalue weighted by Crippen LogP contribution is 2.41. The van der Waals surface area contributed by atoms with Crippen LogP contribution in [0.25, 0.3) is 0 Å². The van der Waals surface area contributed by atoms with E-state index in [1.165, 1.54) is 6.42 Å². The number of fused-ring (bicyclic) bond motifs is 1. The lowest BCUT2D eigenvalue weighted by Crippen LogP contribution is -2.34. The molecule has 1 aliphatic rings. The Morgan fingerprint density at radius 1 is 1.38 bits per heavy atom. The van der Waals surface area contributed by atoms with Gasteiger partial charge in [-0.3, -0.25) is 0 Å². The Morgan fingerprint density at radius 2 is 2.19 bits per heavy atom. The average Bonchev–Trinajstić information content (AvgIpc) is 2.41. The summed E-state index contributed by atoms with van der Waals surface area (Å²) in [6, 6.07) is 5.71. The van der Waals surface area contributed by atoms with Gasteiger partial charge in [-0.05, 0) is 51.7 Å². The molecule has 0 bridgehead atoms. The minimum Gasteiger partial charge on any atom is -0.493 e. The molecule has 116 valence electrons. The summed E-state index contributed by atoms with van der Waals surface area (Å²) < 4.78 is 11.7. The van der Waals surface area contributed by atoms with Crippen LogP contribution in [0, 0.1) is 0 Å². The number of unbranched alkanes of at least 4 members (excludes halogenated alkanes) is 3. The van der Waals surface area contributed by atoms with Crippen LogP contribution in [0.1, 0.15) is 57.6 Å². The average molecular weight is 290 g/mol. The van der Waals surface area contributed by atoms with Crippen LogP contribution in [-0.4, -0.2) is 17.3 Å². The molecule has 0 fully saturated rings. The minimum absolute atomic E-state index is 0.338. The number of ether oxygens (including phenoxy) is 2. The fraction of sp³-hybridized carbons (Fsp3) is 0.556. The van der Waals surface area contributed by atoms with Gasteiger partial charge in [0.25, 0.3) is 0 Å². The third kappa shape index (κ3) is 4.50. The molecule has 0 aromatic heterocycles. The molecule has 0 radical (unpaired) electrons. The fourth-order valence-corrected chi connectivity index (χ4v) is 2.64. The van der Waals surface area contributed by atoms with Crippen LogP contribution in [-0.2, 0) is 0 Å². The van der Waals surface area contributed by atoms with E-state index in [1.807, 2.05) is 38.1 Å². The minimum atomic E-state index is -0.461. The molecule has 1 aromatic rings. The summed E-state index contributed by atoms with van der Waals surface area (Å²) in [5.41, 5.74) is 0.517. The number of hydrogen-bond acceptors (Lipinski definition) is 3. The van der Waals surface area contributed by atoms with Gasteiger partial charge in [0.2, 0.25) is 0 Å². The first-order valence-corrected chi connectivity index (χ1v) is 7.76. The number of hydrogen-bond donors (Lipinski definition) is 1. The molecule has 0 aliphatic carbocycles. The lowest BCUT2D eigenvalue weighted by Gasteiger charge is -2.35. The standard InChI is InChI=1S/C18H26O3/c1-4-5-6-7-8-11-20-14-9-10-15-16(19)13-18(2,3)21-17(15)12-14/h4,9-10,12,16,19H,1,5-8,11,13H2,2-3H3. The van der Waals surface area contributed by atoms with Gasteiger partial charge in [0, 0.05) is 18.1 Å². The number of aliphatic hydroxyl groups is 1. The molecule has 1 heterocycles. The molecule has 3 heteroatoms. The zero-order valence-corrected chi connectivity index (χ0v) is 13.1. The number of allylic oxidation sites excluding steroid dienone is 1. The molecule has 1 N–H and O–H groups in total. The van der Waals surface area contributed by atoms with E-state index in [-0.39, 0.29) is 5.60 Å². The van der Waals surface area contributed by atoms with E-state index in [1.54, 1.807) is 0 Å². The lowest BCUT2D eigenvalue weighted by molar-refractivity contribution is 0.0113. The van der Waals surface area contributed by atoms with Gasteiger partial charge >= 0.3 is 0 Å². The summed E-state index contributed by atoms with van der Waals surface area (Å²) in [7, 11) is 0. The summed E-state index contributed by atoms with van der Waals surface area (Å²) in [6.45, 7) is 8.41. The van der Waals surface area contributed by atoms with Gasteiger partial charge in [-0.1, -0.05) is 6.08 Å². The van der Waals surface area contributed by atoms with Gasteiger partial charge in [-0.25, -0.2) is 0 Å². The largest absolute Gasteiger partial charge is 0.493 e. The number of benzene rings is 1.